The van der Waals surface area contributed by atoms with Gasteiger partial charge in [-0.1, -0.05) is 18.2 Å². The van der Waals surface area contributed by atoms with Crippen LogP contribution in [0.3, 0.4) is 0 Å². The summed E-state index contributed by atoms with van der Waals surface area (Å²) in [6, 6.07) is 15.9. The highest BCUT2D eigenvalue weighted by Gasteiger charge is 2.22. The Morgan fingerprint density at radius 1 is 1.20 bits per heavy atom. The Kier molecular flexibility index (Phi) is 3.18. The van der Waals surface area contributed by atoms with Crippen molar-refractivity contribution in [3.8, 4) is 0 Å². The van der Waals surface area contributed by atoms with E-state index < -0.39 is 0 Å². The van der Waals surface area contributed by atoms with Gasteiger partial charge in [0.25, 0.3) is 5.91 Å². The molecule has 0 saturated carbocycles. The van der Waals surface area contributed by atoms with E-state index in [2.05, 4.69) is 36.3 Å². The van der Waals surface area contributed by atoms with Crippen molar-refractivity contribution >= 4 is 17.3 Å². The molecule has 0 aromatic heterocycles. The fourth-order valence-electron chi connectivity index (χ4n) is 2.66. The summed E-state index contributed by atoms with van der Waals surface area (Å²) in [5.41, 5.74) is 4.10. The minimum atomic E-state index is -0.0649. The summed E-state index contributed by atoms with van der Waals surface area (Å²) >= 11 is 0. The molecular formula is C17H18N2O. The van der Waals surface area contributed by atoms with Gasteiger partial charge in [0.1, 0.15) is 0 Å². The van der Waals surface area contributed by atoms with Crippen molar-refractivity contribution in [1.82, 2.24) is 0 Å². The van der Waals surface area contributed by atoms with E-state index in [0.717, 1.165) is 12.1 Å². The second kappa shape index (κ2) is 5.00. The predicted molar refractivity (Wildman–Crippen MR) is 82.4 cm³/mol. The van der Waals surface area contributed by atoms with Gasteiger partial charge in [0.2, 0.25) is 0 Å². The van der Waals surface area contributed by atoms with Crippen molar-refractivity contribution in [2.75, 3.05) is 17.3 Å². The molecule has 2 aromatic carbocycles. The second-order valence-electron chi connectivity index (χ2n) is 5.33. The number of benzene rings is 2. The number of hydrogen-bond donors (Lipinski definition) is 1. The number of hydrogen-bond acceptors (Lipinski definition) is 2. The molecule has 1 N–H and O–H groups in total. The number of amides is 1. The lowest BCUT2D eigenvalue weighted by atomic mass is 10.1. The SMILES string of the molecule is CC1Cc2cc(NC(=O)c3ccccc3)ccc2N1C. The highest BCUT2D eigenvalue weighted by molar-refractivity contribution is 6.04. The van der Waals surface area contributed by atoms with Gasteiger partial charge in [-0.2, -0.15) is 0 Å². The van der Waals surface area contributed by atoms with E-state index in [0.29, 0.717) is 11.6 Å². The van der Waals surface area contributed by atoms with Crippen molar-refractivity contribution in [3.05, 3.63) is 59.7 Å². The fourth-order valence-corrected chi connectivity index (χ4v) is 2.66. The Balaban J connectivity index is 1.80. The molecule has 1 heterocycles. The first-order valence-electron chi connectivity index (χ1n) is 6.87. The molecule has 0 bridgehead atoms. The second-order valence-corrected chi connectivity index (χ2v) is 5.33. The fraction of sp³-hybridized carbons (Fsp3) is 0.235. The van der Waals surface area contributed by atoms with Gasteiger partial charge in [-0.05, 0) is 49.2 Å². The lowest BCUT2D eigenvalue weighted by Gasteiger charge is -2.18. The van der Waals surface area contributed by atoms with Crippen molar-refractivity contribution in [2.24, 2.45) is 0 Å². The monoisotopic (exact) mass is 266 g/mol. The number of nitrogens with zero attached hydrogens (tertiary/aromatic N) is 1. The van der Waals surface area contributed by atoms with Crippen molar-refractivity contribution in [3.63, 3.8) is 0 Å². The Hall–Kier alpha value is -2.29. The van der Waals surface area contributed by atoms with E-state index in [1.54, 1.807) is 0 Å². The highest BCUT2D eigenvalue weighted by atomic mass is 16.1. The molecule has 0 saturated heterocycles. The van der Waals surface area contributed by atoms with Crippen LogP contribution in [0.4, 0.5) is 11.4 Å². The van der Waals surface area contributed by atoms with Crippen LogP contribution in [0.1, 0.15) is 22.8 Å². The lowest BCUT2D eigenvalue weighted by molar-refractivity contribution is 0.102. The molecule has 102 valence electrons. The predicted octanol–water partition coefficient (Wildman–Crippen LogP) is 3.32. The van der Waals surface area contributed by atoms with Crippen LogP contribution in [0.5, 0.6) is 0 Å². The molecule has 3 rings (SSSR count). The first-order chi connectivity index (χ1) is 9.65. The zero-order chi connectivity index (χ0) is 14.1. The van der Waals surface area contributed by atoms with Crippen LogP contribution in [0.25, 0.3) is 0 Å². The van der Waals surface area contributed by atoms with Crippen LogP contribution in [0, 0.1) is 0 Å². The average molecular weight is 266 g/mol. The summed E-state index contributed by atoms with van der Waals surface area (Å²) in [7, 11) is 2.11. The Morgan fingerprint density at radius 3 is 2.70 bits per heavy atom. The van der Waals surface area contributed by atoms with E-state index in [4.69, 9.17) is 0 Å². The minimum Gasteiger partial charge on any atom is -0.371 e. The van der Waals surface area contributed by atoms with E-state index in [1.807, 2.05) is 36.4 Å². The minimum absolute atomic E-state index is 0.0649. The third-order valence-corrected chi connectivity index (χ3v) is 3.93. The van der Waals surface area contributed by atoms with Crippen molar-refractivity contribution in [2.45, 2.75) is 19.4 Å². The van der Waals surface area contributed by atoms with E-state index in [9.17, 15) is 4.79 Å². The van der Waals surface area contributed by atoms with E-state index in [1.165, 1.54) is 11.3 Å². The first-order valence-corrected chi connectivity index (χ1v) is 6.87. The van der Waals surface area contributed by atoms with Gasteiger partial charge in [-0.15, -0.1) is 0 Å². The average Bonchev–Trinajstić information content (AvgIpc) is 2.74. The van der Waals surface area contributed by atoms with Gasteiger partial charge in [0.15, 0.2) is 0 Å². The number of fused-ring (bicyclic) bond motifs is 1. The van der Waals surface area contributed by atoms with Crippen LogP contribution in [-0.2, 0) is 6.42 Å². The molecule has 1 aliphatic heterocycles. The summed E-state index contributed by atoms with van der Waals surface area (Å²) in [5, 5.41) is 2.96. The Labute approximate surface area is 119 Å². The largest absolute Gasteiger partial charge is 0.371 e. The van der Waals surface area contributed by atoms with E-state index in [-0.39, 0.29) is 5.91 Å². The van der Waals surface area contributed by atoms with Crippen LogP contribution < -0.4 is 10.2 Å². The number of carbonyl (C=O) groups excluding carboxylic acids is 1. The molecule has 3 heteroatoms. The molecular weight excluding hydrogens is 248 g/mol. The zero-order valence-electron chi connectivity index (χ0n) is 11.8. The molecule has 0 radical (unpaired) electrons. The van der Waals surface area contributed by atoms with Crippen LogP contribution in [0.15, 0.2) is 48.5 Å². The normalized spacial score (nSPS) is 16.9. The quantitative estimate of drug-likeness (QED) is 0.904. The van der Waals surface area contributed by atoms with Gasteiger partial charge < -0.3 is 10.2 Å². The maximum Gasteiger partial charge on any atom is 0.255 e. The highest BCUT2D eigenvalue weighted by Crippen LogP contribution is 2.32. The molecule has 1 aliphatic rings. The smallest absolute Gasteiger partial charge is 0.255 e. The molecule has 2 aromatic rings. The third kappa shape index (κ3) is 2.27. The summed E-state index contributed by atoms with van der Waals surface area (Å²) in [6.07, 6.45) is 1.03. The maximum absolute atomic E-state index is 12.1. The molecule has 20 heavy (non-hydrogen) atoms. The molecule has 1 amide bonds. The Morgan fingerprint density at radius 2 is 1.95 bits per heavy atom. The van der Waals surface area contributed by atoms with Crippen LogP contribution >= 0.6 is 0 Å². The lowest BCUT2D eigenvalue weighted by Crippen LogP contribution is -2.23. The number of likely N-dealkylation sites (N-methyl/N-ethyl adjacent to an activating group) is 1. The van der Waals surface area contributed by atoms with Crippen LogP contribution in [-0.4, -0.2) is 19.0 Å². The summed E-state index contributed by atoms with van der Waals surface area (Å²) < 4.78 is 0. The molecule has 1 unspecified atom stereocenters. The summed E-state index contributed by atoms with van der Waals surface area (Å²) in [4.78, 5) is 14.4. The first kappa shape index (κ1) is 12.7. The summed E-state index contributed by atoms with van der Waals surface area (Å²) in [6.45, 7) is 2.21. The van der Waals surface area contributed by atoms with Crippen molar-refractivity contribution in [1.29, 1.82) is 0 Å². The van der Waals surface area contributed by atoms with Gasteiger partial charge in [0.05, 0.1) is 0 Å². The van der Waals surface area contributed by atoms with Gasteiger partial charge >= 0.3 is 0 Å². The van der Waals surface area contributed by atoms with E-state index >= 15 is 0 Å². The molecule has 0 spiro atoms. The van der Waals surface area contributed by atoms with Crippen molar-refractivity contribution < 1.29 is 4.79 Å². The van der Waals surface area contributed by atoms with Gasteiger partial charge in [0, 0.05) is 30.0 Å². The number of nitrogens with one attached hydrogen (secondary N) is 1. The molecule has 0 fully saturated rings. The number of rotatable bonds is 2. The molecule has 3 nitrogen and oxygen atoms in total. The zero-order valence-corrected chi connectivity index (χ0v) is 11.8. The Bertz CT molecular complexity index is 637. The van der Waals surface area contributed by atoms with Crippen LogP contribution in [0.2, 0.25) is 0 Å². The molecule has 1 atom stereocenters. The molecule has 0 aliphatic carbocycles. The summed E-state index contributed by atoms with van der Waals surface area (Å²) in [5.74, 6) is -0.0649. The van der Waals surface area contributed by atoms with Gasteiger partial charge in [-0.3, -0.25) is 4.79 Å². The number of carbonyl (C=O) groups is 1. The standard InChI is InChI=1S/C17H18N2O/c1-12-10-14-11-15(8-9-16(14)19(12)2)18-17(20)13-6-4-3-5-7-13/h3-9,11-12H,10H2,1-2H3,(H,18,20). The topological polar surface area (TPSA) is 32.3 Å². The maximum atomic E-state index is 12.1. The third-order valence-electron chi connectivity index (χ3n) is 3.93. The van der Waals surface area contributed by atoms with Gasteiger partial charge in [-0.25, -0.2) is 0 Å². The number of anilines is 2.